The van der Waals surface area contributed by atoms with E-state index in [0.29, 0.717) is 6.04 Å². The van der Waals surface area contributed by atoms with Gasteiger partial charge in [-0.2, -0.15) is 0 Å². The molecular formula is C13H22N2. The van der Waals surface area contributed by atoms with Gasteiger partial charge in [0.15, 0.2) is 0 Å². The van der Waals surface area contributed by atoms with Crippen molar-refractivity contribution in [2.45, 2.75) is 52.2 Å². The summed E-state index contributed by atoms with van der Waals surface area (Å²) in [5, 5.41) is 0. The molecule has 0 saturated heterocycles. The summed E-state index contributed by atoms with van der Waals surface area (Å²) < 4.78 is 2.42. The number of fused-ring (bicyclic) bond motifs is 1. The second-order valence-corrected chi connectivity index (χ2v) is 5.89. The van der Waals surface area contributed by atoms with Crippen molar-refractivity contribution < 1.29 is 0 Å². The van der Waals surface area contributed by atoms with Gasteiger partial charge in [-0.3, -0.25) is 4.90 Å². The maximum atomic E-state index is 2.42. The minimum atomic E-state index is 0.270. The Labute approximate surface area is 92.9 Å². The van der Waals surface area contributed by atoms with Gasteiger partial charge in [-0.25, -0.2) is 0 Å². The van der Waals surface area contributed by atoms with Gasteiger partial charge in [-0.05, 0) is 31.0 Å². The van der Waals surface area contributed by atoms with E-state index in [1.807, 2.05) is 0 Å². The van der Waals surface area contributed by atoms with Crippen LogP contribution in [0.1, 0.15) is 39.0 Å². The fraction of sp³-hybridized carbons (Fsp3) is 0.692. The number of hydrogen-bond donors (Lipinski definition) is 0. The van der Waals surface area contributed by atoms with Crippen LogP contribution < -0.4 is 0 Å². The van der Waals surface area contributed by atoms with Gasteiger partial charge < -0.3 is 4.57 Å². The van der Waals surface area contributed by atoms with Crippen LogP contribution in [0.5, 0.6) is 0 Å². The summed E-state index contributed by atoms with van der Waals surface area (Å²) in [6.45, 7) is 11.3. The van der Waals surface area contributed by atoms with Crippen molar-refractivity contribution in [2.24, 2.45) is 0 Å². The van der Waals surface area contributed by atoms with Crippen LogP contribution in [0.3, 0.4) is 0 Å². The Hall–Kier alpha value is -0.760. The minimum absolute atomic E-state index is 0.270. The lowest BCUT2D eigenvalue weighted by atomic mass is 9.89. The lowest BCUT2D eigenvalue weighted by molar-refractivity contribution is 0.192. The summed E-state index contributed by atoms with van der Waals surface area (Å²) in [6, 6.07) is 3.01. The molecule has 1 aromatic heterocycles. The third-order valence-electron chi connectivity index (χ3n) is 3.48. The van der Waals surface area contributed by atoms with Crippen molar-refractivity contribution in [2.75, 3.05) is 7.05 Å². The van der Waals surface area contributed by atoms with E-state index in [2.05, 4.69) is 56.5 Å². The van der Waals surface area contributed by atoms with E-state index in [4.69, 9.17) is 0 Å². The van der Waals surface area contributed by atoms with Crippen LogP contribution in [-0.4, -0.2) is 22.6 Å². The van der Waals surface area contributed by atoms with E-state index >= 15 is 0 Å². The topological polar surface area (TPSA) is 8.17 Å². The van der Waals surface area contributed by atoms with Crippen molar-refractivity contribution in [3.05, 3.63) is 23.5 Å². The molecule has 0 spiro atoms. The Morgan fingerprint density at radius 2 is 2.00 bits per heavy atom. The molecule has 1 aliphatic rings. The fourth-order valence-electron chi connectivity index (χ4n) is 2.10. The molecule has 0 bridgehead atoms. The van der Waals surface area contributed by atoms with Gasteiger partial charge in [-0.1, -0.05) is 20.8 Å². The summed E-state index contributed by atoms with van der Waals surface area (Å²) >= 11 is 0. The second-order valence-electron chi connectivity index (χ2n) is 5.89. The van der Waals surface area contributed by atoms with Crippen LogP contribution in [-0.2, 0) is 18.5 Å². The Kier molecular flexibility index (Phi) is 2.42. The van der Waals surface area contributed by atoms with Gasteiger partial charge in [-0.15, -0.1) is 0 Å². The van der Waals surface area contributed by atoms with E-state index in [0.717, 1.165) is 13.1 Å². The van der Waals surface area contributed by atoms with Crippen molar-refractivity contribution in [1.82, 2.24) is 9.47 Å². The Bertz CT molecular complexity index is 330. The highest BCUT2D eigenvalue weighted by Gasteiger charge is 2.23. The van der Waals surface area contributed by atoms with E-state index in [1.54, 1.807) is 0 Å². The molecule has 2 nitrogen and oxygen atoms in total. The van der Waals surface area contributed by atoms with Gasteiger partial charge in [0.05, 0.1) is 0 Å². The maximum absolute atomic E-state index is 2.42. The molecule has 0 saturated carbocycles. The molecule has 1 aromatic rings. The zero-order chi connectivity index (χ0) is 11.2. The molecule has 84 valence electrons. The molecule has 0 unspecified atom stereocenters. The molecule has 2 rings (SSSR count). The molecule has 2 heterocycles. The van der Waals surface area contributed by atoms with Crippen LogP contribution in [0.2, 0.25) is 0 Å². The number of hydrogen-bond acceptors (Lipinski definition) is 1. The van der Waals surface area contributed by atoms with Gasteiger partial charge in [0, 0.05) is 31.0 Å². The quantitative estimate of drug-likeness (QED) is 0.633. The first-order chi connectivity index (χ1) is 6.88. The smallest absolute Gasteiger partial charge is 0.0387 e. The highest BCUT2D eigenvalue weighted by Crippen LogP contribution is 2.27. The molecule has 15 heavy (non-hydrogen) atoms. The lowest BCUT2D eigenvalue weighted by Gasteiger charge is -2.31. The normalized spacial score (nSPS) is 22.9. The molecular weight excluding hydrogens is 184 g/mol. The average molecular weight is 206 g/mol. The third kappa shape index (κ3) is 1.96. The molecule has 1 aliphatic heterocycles. The van der Waals surface area contributed by atoms with Crippen LogP contribution in [0.25, 0.3) is 0 Å². The summed E-state index contributed by atoms with van der Waals surface area (Å²) in [6.07, 6.45) is 2.33. The summed E-state index contributed by atoms with van der Waals surface area (Å²) in [5.41, 5.74) is 3.19. The zero-order valence-electron chi connectivity index (χ0n) is 10.5. The largest absolute Gasteiger partial charge is 0.348 e. The standard InChI is InChI=1S/C13H22N2/c1-10-7-15-8-11(13(2,3)4)6-12(15)9-14(10)5/h6,8,10H,7,9H2,1-5H3/t10-/m1/s1. The lowest BCUT2D eigenvalue weighted by Crippen LogP contribution is -2.37. The van der Waals surface area contributed by atoms with E-state index in [9.17, 15) is 0 Å². The van der Waals surface area contributed by atoms with Crippen LogP contribution in [0.4, 0.5) is 0 Å². The monoisotopic (exact) mass is 206 g/mol. The number of nitrogens with zero attached hydrogens (tertiary/aromatic N) is 2. The van der Waals surface area contributed by atoms with Gasteiger partial charge in [0.25, 0.3) is 0 Å². The Morgan fingerprint density at radius 3 is 2.60 bits per heavy atom. The van der Waals surface area contributed by atoms with E-state index < -0.39 is 0 Å². The zero-order valence-corrected chi connectivity index (χ0v) is 10.5. The predicted molar refractivity (Wildman–Crippen MR) is 64.1 cm³/mol. The second kappa shape index (κ2) is 3.38. The highest BCUT2D eigenvalue weighted by atomic mass is 15.2. The molecule has 0 aromatic carbocycles. The molecule has 0 amide bonds. The first kappa shape index (κ1) is 10.7. The maximum Gasteiger partial charge on any atom is 0.0387 e. The fourth-order valence-corrected chi connectivity index (χ4v) is 2.10. The van der Waals surface area contributed by atoms with E-state index in [-0.39, 0.29) is 5.41 Å². The third-order valence-corrected chi connectivity index (χ3v) is 3.48. The minimum Gasteiger partial charge on any atom is -0.348 e. The van der Waals surface area contributed by atoms with Gasteiger partial charge in [0.2, 0.25) is 0 Å². The molecule has 0 radical (unpaired) electrons. The average Bonchev–Trinajstić information content (AvgIpc) is 2.47. The van der Waals surface area contributed by atoms with Crippen molar-refractivity contribution in [3.8, 4) is 0 Å². The Morgan fingerprint density at radius 1 is 1.33 bits per heavy atom. The van der Waals surface area contributed by atoms with Crippen molar-refractivity contribution >= 4 is 0 Å². The summed E-state index contributed by atoms with van der Waals surface area (Å²) in [5.74, 6) is 0. The predicted octanol–water partition coefficient (Wildman–Crippen LogP) is 2.62. The summed E-state index contributed by atoms with van der Waals surface area (Å²) in [4.78, 5) is 2.42. The summed E-state index contributed by atoms with van der Waals surface area (Å²) in [7, 11) is 2.21. The van der Waals surface area contributed by atoms with Crippen molar-refractivity contribution in [1.29, 1.82) is 0 Å². The molecule has 0 fully saturated rings. The molecule has 0 N–H and O–H groups in total. The number of aromatic nitrogens is 1. The van der Waals surface area contributed by atoms with Gasteiger partial charge >= 0.3 is 0 Å². The number of likely N-dealkylation sites (N-methyl/N-ethyl adjacent to an activating group) is 1. The first-order valence-electron chi connectivity index (χ1n) is 5.77. The van der Waals surface area contributed by atoms with E-state index in [1.165, 1.54) is 11.3 Å². The van der Waals surface area contributed by atoms with Crippen LogP contribution >= 0.6 is 0 Å². The Balaban J connectivity index is 2.33. The van der Waals surface area contributed by atoms with Crippen LogP contribution in [0, 0.1) is 0 Å². The SMILES string of the molecule is C[C@@H]1Cn2cc(C(C)(C)C)cc2CN1C. The highest BCUT2D eigenvalue weighted by molar-refractivity contribution is 5.26. The number of rotatable bonds is 0. The molecule has 1 atom stereocenters. The van der Waals surface area contributed by atoms with Crippen molar-refractivity contribution in [3.63, 3.8) is 0 Å². The molecule has 0 aliphatic carbocycles. The first-order valence-corrected chi connectivity index (χ1v) is 5.77. The van der Waals surface area contributed by atoms with Crippen LogP contribution in [0.15, 0.2) is 12.3 Å². The van der Waals surface area contributed by atoms with Gasteiger partial charge in [0.1, 0.15) is 0 Å². The molecule has 2 heteroatoms.